The highest BCUT2D eigenvalue weighted by Gasteiger charge is 1.78. The third kappa shape index (κ3) is 31.9. The van der Waals surface area contributed by atoms with E-state index < -0.39 is 8.03 Å². The molecule has 3 heteroatoms. The molecule has 0 amide bonds. The van der Waals surface area contributed by atoms with E-state index in [1.165, 1.54) is 6.42 Å². The monoisotopic (exact) mass is 132 g/mol. The maximum Gasteiger partial charge on any atom is 0.148 e. The van der Waals surface area contributed by atoms with Gasteiger partial charge in [-0.15, -0.1) is 0 Å². The van der Waals surface area contributed by atoms with Gasteiger partial charge in [0.2, 0.25) is 0 Å². The van der Waals surface area contributed by atoms with Gasteiger partial charge >= 0.3 is 0 Å². The summed E-state index contributed by atoms with van der Waals surface area (Å²) in [6.07, 6.45) is 1.25. The van der Waals surface area contributed by atoms with Crippen LogP contribution in [0.5, 0.6) is 0 Å². The summed E-state index contributed by atoms with van der Waals surface area (Å²) in [7, 11) is 6.14. The van der Waals surface area contributed by atoms with Crippen molar-refractivity contribution in [2.24, 2.45) is 0 Å². The molecular weight excluding hydrogens is 118 g/mol. The van der Waals surface area contributed by atoms with E-state index in [1.54, 1.807) is 7.11 Å². The third-order valence-electron chi connectivity index (χ3n) is 0.288. The minimum atomic E-state index is -0.598. The van der Waals surface area contributed by atoms with Gasteiger partial charge in [-0.25, -0.2) is 0 Å². The summed E-state index contributed by atoms with van der Waals surface area (Å²) < 4.78 is 4.59. The lowest BCUT2D eigenvalue weighted by atomic mass is 10.6. The summed E-state index contributed by atoms with van der Waals surface area (Å²) in [5.74, 6) is 0. The van der Waals surface area contributed by atoms with Gasteiger partial charge in [0.1, 0.15) is 7.57 Å². The Hall–Kier alpha value is 0.455. The Bertz CT molecular complexity index is 33.6. The van der Waals surface area contributed by atoms with E-state index in [0.29, 0.717) is 0 Å². The molecule has 0 aliphatic heterocycles. The summed E-state index contributed by atoms with van der Waals surface area (Å²) in [5, 5.41) is 0. The maximum absolute atomic E-state index is 5.13. The standard InChI is InChI=1S/C3H8.C2H6BOP/c1-3-2;1-4-5(2)3/h3H2,1-2H3;1-2H3. The summed E-state index contributed by atoms with van der Waals surface area (Å²) >= 11 is 0. The first-order chi connectivity index (χ1) is 3.68. The molecule has 1 nitrogen and oxygen atoms in total. The summed E-state index contributed by atoms with van der Waals surface area (Å²) in [5.41, 5.74) is 0. The molecule has 1 atom stereocenters. The van der Waals surface area contributed by atoms with Crippen LogP contribution in [0.3, 0.4) is 0 Å². The summed E-state index contributed by atoms with van der Waals surface area (Å²) in [6.45, 7) is 6.09. The van der Waals surface area contributed by atoms with Gasteiger partial charge in [0.25, 0.3) is 0 Å². The Kier molecular flexibility index (Phi) is 14.7. The molecule has 8 heavy (non-hydrogen) atoms. The Morgan fingerprint density at radius 1 is 1.50 bits per heavy atom. The molecule has 2 radical (unpaired) electrons. The molecule has 0 rings (SSSR count). The van der Waals surface area contributed by atoms with E-state index >= 15 is 0 Å². The van der Waals surface area contributed by atoms with Gasteiger partial charge in [0, 0.05) is 7.11 Å². The van der Waals surface area contributed by atoms with Gasteiger partial charge in [-0.3, -0.25) is 0 Å². The maximum atomic E-state index is 5.13. The van der Waals surface area contributed by atoms with Crippen LogP contribution in [0, 0.1) is 0 Å². The molecule has 0 saturated carbocycles. The zero-order chi connectivity index (χ0) is 6.99. The van der Waals surface area contributed by atoms with Crippen LogP contribution in [0.15, 0.2) is 0 Å². The van der Waals surface area contributed by atoms with Crippen LogP contribution >= 0.6 is 8.03 Å². The average Bonchev–Trinajstić information content (AvgIpc) is 1.69. The number of hydrogen-bond donors (Lipinski definition) is 0. The zero-order valence-electron chi connectivity index (χ0n) is 6.14. The van der Waals surface area contributed by atoms with Gasteiger partial charge in [0.15, 0.2) is 0 Å². The van der Waals surface area contributed by atoms with E-state index in [2.05, 4.69) is 18.4 Å². The number of hydrogen-bond acceptors (Lipinski definition) is 1. The van der Waals surface area contributed by atoms with Crippen LogP contribution in [-0.4, -0.2) is 21.3 Å². The van der Waals surface area contributed by atoms with Gasteiger partial charge in [-0.05, 0) is 14.7 Å². The topological polar surface area (TPSA) is 9.23 Å². The normalized spacial score (nSPS) is 11.5. The van der Waals surface area contributed by atoms with Crippen LogP contribution in [0.25, 0.3) is 0 Å². The molecule has 0 spiro atoms. The van der Waals surface area contributed by atoms with E-state index in [-0.39, 0.29) is 0 Å². The first-order valence-corrected chi connectivity index (χ1v) is 4.49. The number of rotatable bonds is 1. The summed E-state index contributed by atoms with van der Waals surface area (Å²) in [6, 6.07) is 0. The second-order valence-electron chi connectivity index (χ2n) is 1.44. The van der Waals surface area contributed by atoms with Crippen molar-refractivity contribution >= 4 is 15.6 Å². The van der Waals surface area contributed by atoms with Crippen molar-refractivity contribution in [1.29, 1.82) is 0 Å². The zero-order valence-corrected chi connectivity index (χ0v) is 7.03. The van der Waals surface area contributed by atoms with Crippen LogP contribution in [-0.2, 0) is 4.52 Å². The fourth-order valence-electron chi connectivity index (χ4n) is 0. The van der Waals surface area contributed by atoms with Crippen molar-refractivity contribution in [2.45, 2.75) is 20.3 Å². The first-order valence-electron chi connectivity index (χ1n) is 2.71. The second-order valence-corrected chi connectivity index (χ2v) is 2.89. The highest BCUT2D eigenvalue weighted by atomic mass is 31.1. The van der Waals surface area contributed by atoms with Crippen molar-refractivity contribution < 1.29 is 4.52 Å². The van der Waals surface area contributed by atoms with E-state index in [0.717, 1.165) is 0 Å². The second kappa shape index (κ2) is 10.4. The molecule has 0 aliphatic rings. The van der Waals surface area contributed by atoms with Crippen LogP contribution in [0.4, 0.5) is 0 Å². The van der Waals surface area contributed by atoms with Crippen LogP contribution in [0.2, 0.25) is 0 Å². The lowest BCUT2D eigenvalue weighted by Gasteiger charge is -1.95. The van der Waals surface area contributed by atoms with Crippen LogP contribution < -0.4 is 0 Å². The minimum absolute atomic E-state index is 0.598. The SMILES string of the molecule is CCC.[B]P(C)OC. The minimum Gasteiger partial charge on any atom is -0.374 e. The van der Waals surface area contributed by atoms with Crippen molar-refractivity contribution in [1.82, 2.24) is 0 Å². The van der Waals surface area contributed by atoms with E-state index in [1.807, 2.05) is 6.66 Å². The van der Waals surface area contributed by atoms with Crippen LogP contribution in [0.1, 0.15) is 20.3 Å². The molecule has 0 aliphatic carbocycles. The predicted octanol–water partition coefficient (Wildman–Crippen LogP) is 2.16. The Morgan fingerprint density at radius 2 is 1.62 bits per heavy atom. The van der Waals surface area contributed by atoms with E-state index in [9.17, 15) is 0 Å². The van der Waals surface area contributed by atoms with Crippen molar-refractivity contribution in [3.05, 3.63) is 0 Å². The molecule has 48 valence electrons. The molecule has 0 heterocycles. The molecule has 0 aromatic rings. The lowest BCUT2D eigenvalue weighted by Crippen LogP contribution is -1.67. The van der Waals surface area contributed by atoms with Crippen molar-refractivity contribution in [2.75, 3.05) is 13.8 Å². The molecular formula is C5H14BOP. The van der Waals surface area contributed by atoms with Gasteiger partial charge < -0.3 is 4.52 Å². The molecule has 0 fully saturated rings. The smallest absolute Gasteiger partial charge is 0.148 e. The average molecular weight is 132 g/mol. The third-order valence-corrected chi connectivity index (χ3v) is 0.864. The Morgan fingerprint density at radius 3 is 1.62 bits per heavy atom. The molecule has 0 N–H and O–H groups in total. The highest BCUT2D eigenvalue weighted by Crippen LogP contribution is 2.20. The predicted molar refractivity (Wildman–Crippen MR) is 41.6 cm³/mol. The molecule has 0 saturated heterocycles. The van der Waals surface area contributed by atoms with Gasteiger partial charge in [-0.2, -0.15) is 0 Å². The van der Waals surface area contributed by atoms with Gasteiger partial charge in [0.05, 0.1) is 0 Å². The van der Waals surface area contributed by atoms with E-state index in [4.69, 9.17) is 7.57 Å². The Balaban J connectivity index is 0. The first kappa shape index (κ1) is 11.3. The van der Waals surface area contributed by atoms with Gasteiger partial charge in [-0.1, -0.05) is 20.3 Å². The quantitative estimate of drug-likeness (QED) is 0.392. The van der Waals surface area contributed by atoms with Crippen molar-refractivity contribution in [3.63, 3.8) is 0 Å². The molecule has 1 unspecified atom stereocenters. The lowest BCUT2D eigenvalue weighted by molar-refractivity contribution is 0.474. The molecule has 0 aromatic heterocycles. The fourth-order valence-corrected chi connectivity index (χ4v) is 0. The summed E-state index contributed by atoms with van der Waals surface area (Å²) in [4.78, 5) is 0. The fraction of sp³-hybridized carbons (Fsp3) is 1.00. The highest BCUT2D eigenvalue weighted by molar-refractivity contribution is 7.77. The Labute approximate surface area is 55.0 Å². The molecule has 0 aromatic carbocycles. The van der Waals surface area contributed by atoms with Crippen molar-refractivity contribution in [3.8, 4) is 0 Å². The largest absolute Gasteiger partial charge is 0.374 e. The molecule has 0 bridgehead atoms.